The Morgan fingerprint density at radius 1 is 1.32 bits per heavy atom. The van der Waals surface area contributed by atoms with E-state index in [-0.39, 0.29) is 17.8 Å². The first-order chi connectivity index (χ1) is 13.5. The number of amides is 1. The molecule has 0 spiro atoms. The molecule has 0 fully saturated rings. The van der Waals surface area contributed by atoms with Crippen molar-refractivity contribution >= 4 is 49.7 Å². The van der Waals surface area contributed by atoms with Crippen molar-refractivity contribution in [3.8, 4) is 5.75 Å². The van der Waals surface area contributed by atoms with Gasteiger partial charge in [0, 0.05) is 11.3 Å². The highest BCUT2D eigenvalue weighted by atomic mass is 32.1. The number of fused-ring (bicyclic) bond motifs is 1. The number of aliphatic hydroxyl groups excluding tert-OH is 1. The average molecular weight is 415 g/mol. The van der Waals surface area contributed by atoms with Crippen LogP contribution in [0.3, 0.4) is 0 Å². The third-order valence-corrected chi connectivity index (χ3v) is 6.45. The molecule has 2 aromatic heterocycles. The van der Waals surface area contributed by atoms with E-state index >= 15 is 0 Å². The number of ketones is 1. The fraction of sp³-hybridized carbons (Fsp3) is 0.250. The zero-order valence-electron chi connectivity index (χ0n) is 15.3. The van der Waals surface area contributed by atoms with Crippen molar-refractivity contribution in [1.82, 2.24) is 4.98 Å². The Hall–Kier alpha value is -2.71. The standard InChI is InChI=1S/C20H18N2O4S2/c1-3-13(23)16-17(14-6-5-9-27-14)22(19(25)18(16)24)20-21-12-8-7-11(26-4-2)10-15(12)28-20/h5-10,17,24H,3-4H2,1-2H3. The second-order valence-corrected chi connectivity index (χ2v) is 8.18. The Morgan fingerprint density at radius 2 is 2.14 bits per heavy atom. The van der Waals surface area contributed by atoms with Crippen LogP contribution in [0.25, 0.3) is 10.2 Å². The van der Waals surface area contributed by atoms with Gasteiger partial charge in [-0.15, -0.1) is 11.3 Å². The summed E-state index contributed by atoms with van der Waals surface area (Å²) in [6, 6.07) is 8.61. The van der Waals surface area contributed by atoms with E-state index in [0.717, 1.165) is 20.8 Å². The van der Waals surface area contributed by atoms with Crippen molar-refractivity contribution in [2.75, 3.05) is 11.5 Å². The number of rotatable bonds is 6. The monoisotopic (exact) mass is 414 g/mol. The van der Waals surface area contributed by atoms with Crippen molar-refractivity contribution in [2.45, 2.75) is 26.3 Å². The Bertz CT molecular complexity index is 1090. The van der Waals surface area contributed by atoms with Gasteiger partial charge in [-0.2, -0.15) is 0 Å². The molecule has 0 saturated carbocycles. The van der Waals surface area contributed by atoms with Gasteiger partial charge in [0.25, 0.3) is 5.91 Å². The zero-order chi connectivity index (χ0) is 19.8. The second-order valence-electron chi connectivity index (χ2n) is 6.19. The zero-order valence-corrected chi connectivity index (χ0v) is 17.0. The number of hydrogen-bond acceptors (Lipinski definition) is 7. The van der Waals surface area contributed by atoms with Crippen molar-refractivity contribution < 1.29 is 19.4 Å². The number of hydrogen-bond donors (Lipinski definition) is 1. The third kappa shape index (κ3) is 2.98. The number of carbonyl (C=O) groups excluding carboxylic acids is 2. The molecule has 0 aliphatic carbocycles. The van der Waals surface area contributed by atoms with E-state index in [1.54, 1.807) is 6.92 Å². The van der Waals surface area contributed by atoms with E-state index in [0.29, 0.717) is 11.7 Å². The van der Waals surface area contributed by atoms with E-state index in [9.17, 15) is 14.7 Å². The van der Waals surface area contributed by atoms with Crippen LogP contribution in [0.2, 0.25) is 0 Å². The van der Waals surface area contributed by atoms with Crippen LogP contribution in [-0.4, -0.2) is 28.4 Å². The fourth-order valence-electron chi connectivity index (χ4n) is 3.25. The van der Waals surface area contributed by atoms with Gasteiger partial charge in [-0.25, -0.2) is 4.98 Å². The normalized spacial score (nSPS) is 17.0. The molecule has 6 nitrogen and oxygen atoms in total. The molecule has 1 aliphatic rings. The van der Waals surface area contributed by atoms with Gasteiger partial charge in [-0.05, 0) is 36.6 Å². The molecule has 1 atom stereocenters. The number of nitrogens with zero attached hydrogens (tertiary/aromatic N) is 2. The van der Waals surface area contributed by atoms with Crippen LogP contribution < -0.4 is 9.64 Å². The number of benzene rings is 1. The molecule has 8 heteroatoms. The van der Waals surface area contributed by atoms with Gasteiger partial charge >= 0.3 is 0 Å². The van der Waals surface area contributed by atoms with Gasteiger partial charge in [-0.3, -0.25) is 14.5 Å². The first kappa shape index (κ1) is 18.6. The molecular formula is C20H18N2O4S2. The molecule has 3 heterocycles. The molecule has 1 amide bonds. The average Bonchev–Trinajstić information content (AvgIpc) is 3.40. The topological polar surface area (TPSA) is 79.7 Å². The van der Waals surface area contributed by atoms with Gasteiger partial charge in [0.15, 0.2) is 16.7 Å². The van der Waals surface area contributed by atoms with Crippen LogP contribution >= 0.6 is 22.7 Å². The number of Topliss-reactive ketones (excluding diaryl/α,β-unsaturated/α-hetero) is 1. The first-order valence-corrected chi connectivity index (χ1v) is 10.6. The number of aliphatic hydroxyl groups is 1. The maximum atomic E-state index is 12.9. The smallest absolute Gasteiger partial charge is 0.296 e. The highest BCUT2D eigenvalue weighted by Gasteiger charge is 2.45. The van der Waals surface area contributed by atoms with Crippen LogP contribution in [0.1, 0.15) is 31.2 Å². The maximum absolute atomic E-state index is 12.9. The lowest BCUT2D eigenvalue weighted by Crippen LogP contribution is -2.30. The van der Waals surface area contributed by atoms with Gasteiger partial charge in [0.05, 0.1) is 22.4 Å². The van der Waals surface area contributed by atoms with Crippen LogP contribution in [-0.2, 0) is 9.59 Å². The molecule has 1 unspecified atom stereocenters. The van der Waals surface area contributed by atoms with Crippen LogP contribution in [0.5, 0.6) is 5.75 Å². The molecule has 3 aromatic rings. The lowest BCUT2D eigenvalue weighted by atomic mass is 10.0. The second kappa shape index (κ2) is 7.37. The molecule has 28 heavy (non-hydrogen) atoms. The van der Waals surface area contributed by atoms with Crippen molar-refractivity contribution in [3.05, 3.63) is 51.9 Å². The van der Waals surface area contributed by atoms with Crippen molar-refractivity contribution in [3.63, 3.8) is 0 Å². The lowest BCUT2D eigenvalue weighted by Gasteiger charge is -2.22. The lowest BCUT2D eigenvalue weighted by molar-refractivity contribution is -0.118. The van der Waals surface area contributed by atoms with Gasteiger partial charge in [0.1, 0.15) is 11.8 Å². The number of carbonyl (C=O) groups is 2. The van der Waals surface area contributed by atoms with Gasteiger partial charge in [0.2, 0.25) is 0 Å². The molecule has 1 aromatic carbocycles. The molecule has 1 N–H and O–H groups in total. The Morgan fingerprint density at radius 3 is 2.82 bits per heavy atom. The maximum Gasteiger partial charge on any atom is 0.296 e. The number of thiazole rings is 1. The predicted molar refractivity (Wildman–Crippen MR) is 110 cm³/mol. The summed E-state index contributed by atoms with van der Waals surface area (Å²) in [5.74, 6) is -0.596. The Labute approximate surface area is 169 Å². The summed E-state index contributed by atoms with van der Waals surface area (Å²) in [5, 5.41) is 12.8. The van der Waals surface area contributed by atoms with Crippen LogP contribution in [0.4, 0.5) is 5.13 Å². The van der Waals surface area contributed by atoms with Gasteiger partial charge in [-0.1, -0.05) is 24.3 Å². The van der Waals surface area contributed by atoms with E-state index in [1.165, 1.54) is 27.6 Å². The molecular weight excluding hydrogens is 396 g/mol. The molecule has 0 bridgehead atoms. The minimum atomic E-state index is -0.660. The minimum absolute atomic E-state index is 0.143. The van der Waals surface area contributed by atoms with Crippen LogP contribution in [0.15, 0.2) is 47.0 Å². The molecule has 144 valence electrons. The third-order valence-electron chi connectivity index (χ3n) is 4.51. The Kier molecular flexibility index (Phi) is 4.91. The fourth-order valence-corrected chi connectivity index (χ4v) is 5.09. The molecule has 4 rings (SSSR count). The summed E-state index contributed by atoms with van der Waals surface area (Å²) in [7, 11) is 0. The quantitative estimate of drug-likeness (QED) is 0.636. The SMILES string of the molecule is CCOc1ccc2nc(N3C(=O)C(O)=C(C(=O)CC)C3c3cccs3)sc2c1. The van der Waals surface area contributed by atoms with Gasteiger partial charge < -0.3 is 9.84 Å². The van der Waals surface area contributed by atoms with Crippen LogP contribution in [0, 0.1) is 0 Å². The minimum Gasteiger partial charge on any atom is -0.503 e. The Balaban J connectivity index is 1.82. The summed E-state index contributed by atoms with van der Waals surface area (Å²) >= 11 is 2.77. The number of anilines is 1. The largest absolute Gasteiger partial charge is 0.503 e. The number of ether oxygens (including phenoxy) is 1. The molecule has 0 saturated heterocycles. The summed E-state index contributed by atoms with van der Waals surface area (Å²) in [6.45, 7) is 4.19. The van der Waals surface area contributed by atoms with Crippen molar-refractivity contribution in [2.24, 2.45) is 0 Å². The number of thiophene rings is 1. The summed E-state index contributed by atoms with van der Waals surface area (Å²) in [6.07, 6.45) is 0.208. The molecule has 1 aliphatic heterocycles. The summed E-state index contributed by atoms with van der Waals surface area (Å²) < 4.78 is 6.41. The van der Waals surface area contributed by atoms with E-state index < -0.39 is 17.7 Å². The first-order valence-electron chi connectivity index (χ1n) is 8.91. The molecule has 0 radical (unpaired) electrons. The summed E-state index contributed by atoms with van der Waals surface area (Å²) in [5.41, 5.74) is 0.875. The highest BCUT2D eigenvalue weighted by Crippen LogP contribution is 2.45. The van der Waals surface area contributed by atoms with E-state index in [4.69, 9.17) is 4.74 Å². The number of aromatic nitrogens is 1. The predicted octanol–water partition coefficient (Wildman–Crippen LogP) is 4.64. The summed E-state index contributed by atoms with van der Waals surface area (Å²) in [4.78, 5) is 32.2. The van der Waals surface area contributed by atoms with Crippen molar-refractivity contribution in [1.29, 1.82) is 0 Å². The van der Waals surface area contributed by atoms with E-state index in [1.807, 2.05) is 42.6 Å². The highest BCUT2D eigenvalue weighted by molar-refractivity contribution is 7.22. The van der Waals surface area contributed by atoms with E-state index in [2.05, 4.69) is 4.98 Å².